The Balaban J connectivity index is 1.41. The Hall–Kier alpha value is -3.38. The van der Waals surface area contributed by atoms with E-state index >= 15 is 0 Å². The summed E-state index contributed by atoms with van der Waals surface area (Å²) in [7, 11) is 3.65. The molecule has 0 aliphatic carbocycles. The number of hydrogen-bond donors (Lipinski definition) is 0. The van der Waals surface area contributed by atoms with Gasteiger partial charge in [-0.05, 0) is 66.6 Å². The van der Waals surface area contributed by atoms with Crippen molar-refractivity contribution in [3.05, 3.63) is 89.7 Å². The van der Waals surface area contributed by atoms with Crippen LogP contribution in [0.2, 0.25) is 0 Å². The van der Waals surface area contributed by atoms with E-state index < -0.39 is 0 Å². The van der Waals surface area contributed by atoms with Crippen LogP contribution in [0.5, 0.6) is 11.5 Å². The van der Waals surface area contributed by atoms with Crippen molar-refractivity contribution >= 4 is 5.91 Å². The van der Waals surface area contributed by atoms with Gasteiger partial charge in [0, 0.05) is 18.9 Å². The van der Waals surface area contributed by atoms with Crippen molar-refractivity contribution in [1.82, 2.24) is 14.8 Å². The first kappa shape index (κ1) is 20.9. The summed E-state index contributed by atoms with van der Waals surface area (Å²) in [6.45, 7) is 1.59. The van der Waals surface area contributed by atoms with Crippen molar-refractivity contribution in [2.45, 2.75) is 19.2 Å². The van der Waals surface area contributed by atoms with Gasteiger partial charge in [-0.15, -0.1) is 0 Å². The zero-order chi connectivity index (χ0) is 21.6. The van der Waals surface area contributed by atoms with Gasteiger partial charge in [-0.25, -0.2) is 0 Å². The first-order chi connectivity index (χ1) is 15.1. The summed E-state index contributed by atoms with van der Waals surface area (Å²) in [5.74, 6) is 1.79. The maximum Gasteiger partial charge on any atom is 0.238 e. The second-order valence-electron chi connectivity index (χ2n) is 7.69. The van der Waals surface area contributed by atoms with Gasteiger partial charge in [-0.3, -0.25) is 14.7 Å². The minimum absolute atomic E-state index is 0.0694. The summed E-state index contributed by atoms with van der Waals surface area (Å²) in [6, 6.07) is 19.9. The van der Waals surface area contributed by atoms with Crippen molar-refractivity contribution in [1.29, 1.82) is 0 Å². The monoisotopic (exact) mass is 417 g/mol. The van der Waals surface area contributed by atoms with Gasteiger partial charge in [0.2, 0.25) is 5.91 Å². The topological polar surface area (TPSA) is 54.9 Å². The number of amides is 1. The molecule has 6 heteroatoms. The Bertz CT molecular complexity index is 991. The van der Waals surface area contributed by atoms with Crippen LogP contribution >= 0.6 is 0 Å². The molecule has 160 valence electrons. The molecule has 1 saturated heterocycles. The number of ether oxygens (including phenoxy) is 2. The molecule has 31 heavy (non-hydrogen) atoms. The summed E-state index contributed by atoms with van der Waals surface area (Å²) < 4.78 is 11.1. The maximum absolute atomic E-state index is 12.7. The molecule has 3 aromatic rings. The highest BCUT2D eigenvalue weighted by atomic mass is 16.5. The summed E-state index contributed by atoms with van der Waals surface area (Å²) in [5, 5.41) is 0. The molecule has 1 atom stereocenters. The van der Waals surface area contributed by atoms with Crippen LogP contribution in [0.15, 0.2) is 73.1 Å². The molecule has 2 aromatic carbocycles. The zero-order valence-electron chi connectivity index (χ0n) is 17.9. The van der Waals surface area contributed by atoms with Crippen molar-refractivity contribution in [2.24, 2.45) is 0 Å². The van der Waals surface area contributed by atoms with Crippen LogP contribution in [0.25, 0.3) is 0 Å². The number of methoxy groups -OCH3 is 1. The molecule has 1 fully saturated rings. The minimum Gasteiger partial charge on any atom is -0.497 e. The van der Waals surface area contributed by atoms with Gasteiger partial charge in [-0.2, -0.15) is 0 Å². The van der Waals surface area contributed by atoms with E-state index in [9.17, 15) is 4.79 Å². The van der Waals surface area contributed by atoms with E-state index in [1.54, 1.807) is 19.5 Å². The number of carbonyl (C=O) groups is 1. The molecule has 0 spiro atoms. The van der Waals surface area contributed by atoms with E-state index in [-0.39, 0.29) is 12.1 Å². The second kappa shape index (κ2) is 9.62. The number of pyridine rings is 1. The van der Waals surface area contributed by atoms with Crippen LogP contribution in [-0.4, -0.2) is 47.9 Å². The van der Waals surface area contributed by atoms with E-state index in [1.165, 1.54) is 5.56 Å². The van der Waals surface area contributed by atoms with Crippen molar-refractivity contribution < 1.29 is 14.3 Å². The number of carbonyl (C=O) groups excluding carboxylic acids is 1. The third-order valence-electron chi connectivity index (χ3n) is 5.55. The maximum atomic E-state index is 12.7. The fraction of sp³-hybridized carbons (Fsp3) is 0.280. The lowest BCUT2D eigenvalue weighted by Crippen LogP contribution is -2.32. The van der Waals surface area contributed by atoms with Gasteiger partial charge in [0.1, 0.15) is 24.3 Å². The first-order valence-electron chi connectivity index (χ1n) is 10.4. The van der Waals surface area contributed by atoms with E-state index in [2.05, 4.69) is 9.88 Å². The van der Waals surface area contributed by atoms with Crippen LogP contribution < -0.4 is 9.47 Å². The van der Waals surface area contributed by atoms with Gasteiger partial charge >= 0.3 is 0 Å². The number of nitrogens with zero attached hydrogens (tertiary/aromatic N) is 3. The number of likely N-dealkylation sites (N-methyl/N-ethyl adjacent to an activating group) is 1. The average molecular weight is 418 g/mol. The summed E-state index contributed by atoms with van der Waals surface area (Å²) in [6.07, 6.45) is 4.25. The molecule has 1 amide bonds. The average Bonchev–Trinajstić information content (AvgIpc) is 3.10. The molecular weight excluding hydrogens is 390 g/mol. The highest BCUT2D eigenvalue weighted by Crippen LogP contribution is 2.31. The molecule has 1 aliphatic rings. The second-order valence-corrected chi connectivity index (χ2v) is 7.69. The Morgan fingerprint density at radius 2 is 1.61 bits per heavy atom. The van der Waals surface area contributed by atoms with Crippen LogP contribution in [-0.2, 0) is 17.8 Å². The number of hydrogen-bond acceptors (Lipinski definition) is 5. The normalized spacial score (nSPS) is 16.5. The summed E-state index contributed by atoms with van der Waals surface area (Å²) in [4.78, 5) is 20.7. The third-order valence-corrected chi connectivity index (χ3v) is 5.55. The summed E-state index contributed by atoms with van der Waals surface area (Å²) >= 11 is 0. The highest BCUT2D eigenvalue weighted by Gasteiger charge is 2.36. The summed E-state index contributed by atoms with van der Waals surface area (Å²) in [5.41, 5.74) is 3.34. The van der Waals surface area contributed by atoms with Gasteiger partial charge in [0.25, 0.3) is 0 Å². The quantitative estimate of drug-likeness (QED) is 0.560. The SMILES string of the molecule is COc1ccc(CCN2C(=O)CN(C)C2c2ccc(OCc3ccncc3)cc2)cc1. The molecule has 1 aromatic heterocycles. The fourth-order valence-corrected chi connectivity index (χ4v) is 3.87. The van der Waals surface area contributed by atoms with Crippen LogP contribution in [0.4, 0.5) is 0 Å². The highest BCUT2D eigenvalue weighted by molar-refractivity contribution is 5.81. The number of benzene rings is 2. The lowest BCUT2D eigenvalue weighted by molar-refractivity contribution is -0.128. The lowest BCUT2D eigenvalue weighted by Gasteiger charge is -2.28. The lowest BCUT2D eigenvalue weighted by atomic mass is 10.1. The van der Waals surface area contributed by atoms with Crippen molar-refractivity contribution in [3.8, 4) is 11.5 Å². The molecule has 4 rings (SSSR count). The van der Waals surface area contributed by atoms with Crippen LogP contribution in [0, 0.1) is 0 Å². The molecule has 0 saturated carbocycles. The van der Waals surface area contributed by atoms with E-state index in [4.69, 9.17) is 9.47 Å². The third kappa shape index (κ3) is 5.03. The molecule has 1 aliphatic heterocycles. The predicted molar refractivity (Wildman–Crippen MR) is 119 cm³/mol. The largest absolute Gasteiger partial charge is 0.497 e. The Morgan fingerprint density at radius 1 is 0.935 bits per heavy atom. The van der Waals surface area contributed by atoms with Crippen LogP contribution in [0.1, 0.15) is 22.9 Å². The van der Waals surface area contributed by atoms with Gasteiger partial charge in [-0.1, -0.05) is 24.3 Å². The van der Waals surface area contributed by atoms with Gasteiger partial charge in [0.05, 0.1) is 13.7 Å². The molecule has 1 unspecified atom stereocenters. The number of rotatable bonds is 8. The van der Waals surface area contributed by atoms with Crippen molar-refractivity contribution in [3.63, 3.8) is 0 Å². The first-order valence-corrected chi connectivity index (χ1v) is 10.4. The minimum atomic E-state index is -0.0694. The van der Waals surface area contributed by atoms with E-state index in [0.717, 1.165) is 29.0 Å². The Kier molecular flexibility index (Phi) is 6.48. The Labute approximate surface area is 183 Å². The van der Waals surface area contributed by atoms with Gasteiger partial charge in [0.15, 0.2) is 0 Å². The van der Waals surface area contributed by atoms with Crippen LogP contribution in [0.3, 0.4) is 0 Å². The number of aromatic nitrogens is 1. The molecule has 6 nitrogen and oxygen atoms in total. The fourth-order valence-electron chi connectivity index (χ4n) is 3.87. The van der Waals surface area contributed by atoms with E-state index in [1.807, 2.05) is 72.6 Å². The molecule has 2 heterocycles. The zero-order valence-corrected chi connectivity index (χ0v) is 17.9. The van der Waals surface area contributed by atoms with Gasteiger partial charge < -0.3 is 14.4 Å². The molecule has 0 radical (unpaired) electrons. The van der Waals surface area contributed by atoms with E-state index in [0.29, 0.717) is 19.7 Å². The smallest absolute Gasteiger partial charge is 0.238 e. The predicted octanol–water partition coefficient (Wildman–Crippen LogP) is 3.68. The molecular formula is C25H27N3O3. The molecule has 0 N–H and O–H groups in total. The Morgan fingerprint density at radius 3 is 2.29 bits per heavy atom. The van der Waals surface area contributed by atoms with Crippen molar-refractivity contribution in [2.75, 3.05) is 27.2 Å². The molecule has 0 bridgehead atoms. The standard InChI is InChI=1S/C25H27N3O3/c1-27-17-24(29)28(16-13-19-3-7-22(30-2)8-4-19)25(27)21-5-9-23(10-6-21)31-18-20-11-14-26-15-12-20/h3-12,14-15,25H,13,16-18H2,1-2H3.